The maximum atomic E-state index is 13.0. The topological polar surface area (TPSA) is 88.4 Å². The number of carbonyl (C=O) groups excluding carboxylic acids is 1. The molecule has 0 saturated carbocycles. The van der Waals surface area contributed by atoms with E-state index in [4.69, 9.17) is 0 Å². The van der Waals surface area contributed by atoms with Gasteiger partial charge in [0.05, 0.1) is 24.0 Å². The summed E-state index contributed by atoms with van der Waals surface area (Å²) in [4.78, 5) is 19.6. The summed E-state index contributed by atoms with van der Waals surface area (Å²) in [7, 11) is -1.78. The fourth-order valence-electron chi connectivity index (χ4n) is 3.07. The molecule has 136 valence electrons. The van der Waals surface area contributed by atoms with Gasteiger partial charge in [-0.25, -0.2) is 13.4 Å². The highest BCUT2D eigenvalue weighted by Gasteiger charge is 2.39. The number of hydrogen-bond donors (Lipinski definition) is 0. The Kier molecular flexibility index (Phi) is 4.94. The minimum absolute atomic E-state index is 0.167. The van der Waals surface area contributed by atoms with Crippen molar-refractivity contribution in [2.24, 2.45) is 7.05 Å². The minimum Gasteiger partial charge on any atom is -0.296 e. The van der Waals surface area contributed by atoms with E-state index in [1.807, 2.05) is 6.92 Å². The predicted molar refractivity (Wildman–Crippen MR) is 95.8 cm³/mol. The standard InChI is InChI=1S/C15H21N5O3S2/c1-11-16-9-12(24-11)10-20(25(3,22)23)13-5-4-8-19(15(13)21)14-6-7-17-18(14)2/h6-7,9,13H,4-5,8,10H2,1-3H3. The molecule has 1 aliphatic rings. The van der Waals surface area contributed by atoms with Gasteiger partial charge in [-0.2, -0.15) is 9.40 Å². The molecule has 0 aromatic carbocycles. The summed E-state index contributed by atoms with van der Waals surface area (Å²) in [6, 6.07) is 1.05. The van der Waals surface area contributed by atoms with E-state index in [9.17, 15) is 13.2 Å². The third kappa shape index (κ3) is 3.75. The van der Waals surface area contributed by atoms with Crippen molar-refractivity contribution < 1.29 is 13.2 Å². The van der Waals surface area contributed by atoms with Crippen LogP contribution in [0.25, 0.3) is 0 Å². The quantitative estimate of drug-likeness (QED) is 0.773. The summed E-state index contributed by atoms with van der Waals surface area (Å²) >= 11 is 1.44. The van der Waals surface area contributed by atoms with Crippen molar-refractivity contribution in [2.75, 3.05) is 17.7 Å². The van der Waals surface area contributed by atoms with Gasteiger partial charge >= 0.3 is 0 Å². The van der Waals surface area contributed by atoms with Crippen LogP contribution in [0.2, 0.25) is 0 Å². The predicted octanol–water partition coefficient (Wildman–Crippen LogP) is 1.14. The number of piperidine rings is 1. The van der Waals surface area contributed by atoms with Crippen molar-refractivity contribution in [1.82, 2.24) is 19.1 Å². The summed E-state index contributed by atoms with van der Waals surface area (Å²) in [5.74, 6) is 0.471. The molecule has 3 heterocycles. The van der Waals surface area contributed by atoms with Crippen molar-refractivity contribution in [3.63, 3.8) is 0 Å². The molecule has 1 saturated heterocycles. The second-order valence-corrected chi connectivity index (χ2v) is 9.37. The molecule has 0 radical (unpaired) electrons. The zero-order valence-corrected chi connectivity index (χ0v) is 16.0. The molecule has 1 atom stereocenters. The fraction of sp³-hybridized carbons (Fsp3) is 0.533. The molecule has 1 aliphatic heterocycles. The third-order valence-electron chi connectivity index (χ3n) is 4.24. The molecule has 2 aromatic rings. The van der Waals surface area contributed by atoms with E-state index in [0.29, 0.717) is 18.8 Å². The number of sulfonamides is 1. The van der Waals surface area contributed by atoms with Gasteiger partial charge in [-0.1, -0.05) is 0 Å². The highest BCUT2D eigenvalue weighted by molar-refractivity contribution is 7.88. The normalized spacial score (nSPS) is 19.0. The van der Waals surface area contributed by atoms with Crippen LogP contribution in [0, 0.1) is 6.92 Å². The number of aromatic nitrogens is 3. The second-order valence-electron chi connectivity index (χ2n) is 6.11. The molecule has 8 nitrogen and oxygen atoms in total. The number of amides is 1. The number of anilines is 1. The molecule has 0 bridgehead atoms. The number of aryl methyl sites for hydroxylation is 2. The zero-order valence-electron chi connectivity index (χ0n) is 14.4. The summed E-state index contributed by atoms with van der Waals surface area (Å²) in [6.07, 6.45) is 5.69. The van der Waals surface area contributed by atoms with Crippen molar-refractivity contribution >= 4 is 33.1 Å². The van der Waals surface area contributed by atoms with E-state index in [2.05, 4.69) is 10.1 Å². The number of thiazole rings is 1. The lowest BCUT2D eigenvalue weighted by molar-refractivity contribution is -0.123. The van der Waals surface area contributed by atoms with Crippen molar-refractivity contribution in [3.05, 3.63) is 28.3 Å². The van der Waals surface area contributed by atoms with E-state index in [1.165, 1.54) is 15.6 Å². The molecule has 1 fully saturated rings. The summed E-state index contributed by atoms with van der Waals surface area (Å²) in [6.45, 7) is 2.60. The van der Waals surface area contributed by atoms with E-state index < -0.39 is 16.1 Å². The Bertz CT molecular complexity index is 873. The molecule has 3 rings (SSSR count). The lowest BCUT2D eigenvalue weighted by Gasteiger charge is -2.36. The first-order valence-corrected chi connectivity index (χ1v) is 10.6. The summed E-state index contributed by atoms with van der Waals surface area (Å²) in [5, 5.41) is 4.97. The van der Waals surface area contributed by atoms with Gasteiger partial charge in [0.15, 0.2) is 0 Å². The van der Waals surface area contributed by atoms with Crippen LogP contribution in [0.15, 0.2) is 18.5 Å². The first-order valence-electron chi connectivity index (χ1n) is 7.95. The molecule has 2 aromatic heterocycles. The number of carbonyl (C=O) groups is 1. The van der Waals surface area contributed by atoms with E-state index in [0.717, 1.165) is 22.6 Å². The van der Waals surface area contributed by atoms with Gasteiger partial charge in [-0.05, 0) is 19.8 Å². The lowest BCUT2D eigenvalue weighted by atomic mass is 10.0. The van der Waals surface area contributed by atoms with E-state index in [-0.39, 0.29) is 12.5 Å². The average molecular weight is 383 g/mol. The van der Waals surface area contributed by atoms with Crippen molar-refractivity contribution in [1.29, 1.82) is 0 Å². The van der Waals surface area contributed by atoms with Gasteiger partial charge in [0.1, 0.15) is 11.9 Å². The first kappa shape index (κ1) is 18.0. The lowest BCUT2D eigenvalue weighted by Crippen LogP contribution is -2.54. The number of rotatable bonds is 5. The number of nitrogens with zero attached hydrogens (tertiary/aromatic N) is 5. The van der Waals surface area contributed by atoms with Crippen LogP contribution < -0.4 is 4.90 Å². The summed E-state index contributed by atoms with van der Waals surface area (Å²) < 4.78 is 27.7. The number of hydrogen-bond acceptors (Lipinski definition) is 6. The largest absolute Gasteiger partial charge is 0.296 e. The smallest absolute Gasteiger partial charge is 0.246 e. The van der Waals surface area contributed by atoms with Crippen LogP contribution in [0.5, 0.6) is 0 Å². The Morgan fingerprint density at radius 2 is 2.20 bits per heavy atom. The van der Waals surface area contributed by atoms with Crippen molar-refractivity contribution in [3.8, 4) is 0 Å². The molecule has 1 unspecified atom stereocenters. The van der Waals surface area contributed by atoms with Crippen molar-refractivity contribution in [2.45, 2.75) is 32.4 Å². The van der Waals surface area contributed by atoms with Gasteiger partial charge in [-0.3, -0.25) is 14.4 Å². The Balaban J connectivity index is 1.90. The highest BCUT2D eigenvalue weighted by atomic mass is 32.2. The Hall–Kier alpha value is -1.78. The molecule has 25 heavy (non-hydrogen) atoms. The molecule has 0 N–H and O–H groups in total. The van der Waals surface area contributed by atoms with Crippen LogP contribution in [-0.2, 0) is 28.4 Å². The Labute approximate surface area is 151 Å². The molecule has 10 heteroatoms. The molecular formula is C15H21N5O3S2. The van der Waals surface area contributed by atoms with Crippen LogP contribution in [0.3, 0.4) is 0 Å². The fourth-order valence-corrected chi connectivity index (χ4v) is 4.98. The van der Waals surface area contributed by atoms with Crippen LogP contribution in [0.1, 0.15) is 22.7 Å². The van der Waals surface area contributed by atoms with Crippen LogP contribution in [-0.4, -0.2) is 52.2 Å². The second kappa shape index (κ2) is 6.85. The van der Waals surface area contributed by atoms with E-state index >= 15 is 0 Å². The highest BCUT2D eigenvalue weighted by Crippen LogP contribution is 2.27. The monoisotopic (exact) mass is 383 g/mol. The third-order valence-corrected chi connectivity index (χ3v) is 6.37. The van der Waals surface area contributed by atoms with Crippen LogP contribution >= 0.6 is 11.3 Å². The van der Waals surface area contributed by atoms with Gasteiger partial charge < -0.3 is 0 Å². The molecule has 1 amide bonds. The summed E-state index contributed by atoms with van der Waals surface area (Å²) in [5.41, 5.74) is 0. The van der Waals surface area contributed by atoms with Gasteiger partial charge in [0.2, 0.25) is 15.9 Å². The molecule has 0 spiro atoms. The average Bonchev–Trinajstić information content (AvgIpc) is 3.13. The Morgan fingerprint density at radius 1 is 1.44 bits per heavy atom. The van der Waals surface area contributed by atoms with E-state index in [1.54, 1.807) is 35.1 Å². The maximum absolute atomic E-state index is 13.0. The first-order chi connectivity index (χ1) is 11.8. The molecular weight excluding hydrogens is 362 g/mol. The van der Waals surface area contributed by atoms with Crippen LogP contribution in [0.4, 0.5) is 5.82 Å². The van der Waals surface area contributed by atoms with Gasteiger partial charge in [0.25, 0.3) is 0 Å². The maximum Gasteiger partial charge on any atom is 0.246 e. The van der Waals surface area contributed by atoms with Gasteiger partial charge in [0, 0.05) is 30.7 Å². The Morgan fingerprint density at radius 3 is 2.76 bits per heavy atom. The zero-order chi connectivity index (χ0) is 18.2. The minimum atomic E-state index is -3.55. The SMILES string of the molecule is Cc1ncc(CN(C2CCCN(c3ccnn3C)C2=O)S(C)(=O)=O)s1. The van der Waals surface area contributed by atoms with Gasteiger partial charge in [-0.15, -0.1) is 11.3 Å². The molecule has 0 aliphatic carbocycles.